The number of rotatable bonds is 4. The molecule has 1 heterocycles. The maximum absolute atomic E-state index is 13.8. The van der Waals surface area contributed by atoms with E-state index in [9.17, 15) is 13.6 Å². The predicted octanol–water partition coefficient (Wildman–Crippen LogP) is 3.16. The fraction of sp³-hybridized carbons (Fsp3) is 0.250. The average Bonchev–Trinajstić information content (AvgIpc) is 3.32. The molecule has 0 aliphatic heterocycles. The van der Waals surface area contributed by atoms with Crippen molar-refractivity contribution in [1.29, 1.82) is 0 Å². The Labute approximate surface area is 121 Å². The van der Waals surface area contributed by atoms with Crippen LogP contribution in [-0.2, 0) is 6.54 Å². The van der Waals surface area contributed by atoms with Crippen LogP contribution in [0.15, 0.2) is 42.6 Å². The zero-order valence-corrected chi connectivity index (χ0v) is 11.3. The summed E-state index contributed by atoms with van der Waals surface area (Å²) < 4.78 is 27.0. The molecule has 5 heteroatoms. The van der Waals surface area contributed by atoms with Crippen LogP contribution >= 0.6 is 0 Å². The topological polar surface area (TPSA) is 33.2 Å². The zero-order valence-electron chi connectivity index (χ0n) is 11.3. The van der Waals surface area contributed by atoms with Gasteiger partial charge in [-0.1, -0.05) is 6.07 Å². The first-order chi connectivity index (χ1) is 10.1. The van der Waals surface area contributed by atoms with Gasteiger partial charge in [-0.15, -0.1) is 0 Å². The molecule has 0 unspecified atom stereocenters. The summed E-state index contributed by atoms with van der Waals surface area (Å²) in [5, 5.41) is 0. The van der Waals surface area contributed by atoms with E-state index in [2.05, 4.69) is 4.98 Å². The highest BCUT2D eigenvalue weighted by atomic mass is 19.1. The number of carbonyl (C=O) groups excluding carboxylic acids is 1. The van der Waals surface area contributed by atoms with E-state index in [1.165, 1.54) is 0 Å². The third-order valence-corrected chi connectivity index (χ3v) is 3.47. The average molecular weight is 288 g/mol. The van der Waals surface area contributed by atoms with Crippen molar-refractivity contribution in [2.75, 3.05) is 0 Å². The van der Waals surface area contributed by atoms with E-state index in [-0.39, 0.29) is 11.6 Å². The van der Waals surface area contributed by atoms with Gasteiger partial charge in [0.1, 0.15) is 11.6 Å². The van der Waals surface area contributed by atoms with Gasteiger partial charge in [0.05, 0.1) is 17.8 Å². The number of pyridine rings is 1. The maximum Gasteiger partial charge on any atom is 0.257 e. The minimum Gasteiger partial charge on any atom is -0.330 e. The van der Waals surface area contributed by atoms with Crippen LogP contribution in [-0.4, -0.2) is 21.8 Å². The van der Waals surface area contributed by atoms with Crippen molar-refractivity contribution in [1.82, 2.24) is 9.88 Å². The van der Waals surface area contributed by atoms with Gasteiger partial charge >= 0.3 is 0 Å². The number of amides is 1. The van der Waals surface area contributed by atoms with Crippen molar-refractivity contribution in [3.8, 4) is 0 Å². The lowest BCUT2D eigenvalue weighted by Gasteiger charge is -2.22. The van der Waals surface area contributed by atoms with Gasteiger partial charge in [-0.05, 0) is 43.2 Å². The Morgan fingerprint density at radius 3 is 2.71 bits per heavy atom. The standard InChI is InChI=1S/C16H14F2N2O/c17-11-4-7-15(18)14(9-11)16(21)20(13-5-6-13)10-12-3-1-2-8-19-12/h1-4,7-9,13H,5-6,10H2. The Bertz CT molecular complexity index is 657. The van der Waals surface area contributed by atoms with Gasteiger partial charge in [-0.3, -0.25) is 9.78 Å². The van der Waals surface area contributed by atoms with Crippen LogP contribution in [0.3, 0.4) is 0 Å². The highest BCUT2D eigenvalue weighted by molar-refractivity contribution is 5.94. The van der Waals surface area contributed by atoms with Gasteiger partial charge < -0.3 is 4.90 Å². The Morgan fingerprint density at radius 1 is 1.24 bits per heavy atom. The van der Waals surface area contributed by atoms with Gasteiger partial charge in [-0.25, -0.2) is 8.78 Å². The van der Waals surface area contributed by atoms with Crippen LogP contribution in [0.1, 0.15) is 28.9 Å². The third-order valence-electron chi connectivity index (χ3n) is 3.47. The molecule has 1 saturated carbocycles. The number of hydrogen-bond acceptors (Lipinski definition) is 2. The van der Waals surface area contributed by atoms with Crippen LogP contribution in [0.5, 0.6) is 0 Å². The molecule has 0 N–H and O–H groups in total. The fourth-order valence-corrected chi connectivity index (χ4v) is 2.24. The van der Waals surface area contributed by atoms with Crippen molar-refractivity contribution in [2.45, 2.75) is 25.4 Å². The van der Waals surface area contributed by atoms with E-state index < -0.39 is 17.5 Å². The van der Waals surface area contributed by atoms with Crippen molar-refractivity contribution >= 4 is 5.91 Å². The Morgan fingerprint density at radius 2 is 2.05 bits per heavy atom. The number of carbonyl (C=O) groups is 1. The molecular weight excluding hydrogens is 274 g/mol. The summed E-state index contributed by atoms with van der Waals surface area (Å²) in [4.78, 5) is 18.2. The Hall–Kier alpha value is -2.30. The summed E-state index contributed by atoms with van der Waals surface area (Å²) in [7, 11) is 0. The largest absolute Gasteiger partial charge is 0.330 e. The van der Waals surface area contributed by atoms with Crippen LogP contribution in [0, 0.1) is 11.6 Å². The summed E-state index contributed by atoms with van der Waals surface area (Å²) >= 11 is 0. The van der Waals surface area contributed by atoms with E-state index in [0.29, 0.717) is 6.54 Å². The van der Waals surface area contributed by atoms with E-state index in [4.69, 9.17) is 0 Å². The van der Waals surface area contributed by atoms with E-state index in [1.807, 2.05) is 12.1 Å². The first kappa shape index (κ1) is 13.7. The first-order valence-corrected chi connectivity index (χ1v) is 6.81. The van der Waals surface area contributed by atoms with Gasteiger partial charge in [0.15, 0.2) is 0 Å². The fourth-order valence-electron chi connectivity index (χ4n) is 2.24. The molecule has 1 aromatic heterocycles. The van der Waals surface area contributed by atoms with Crippen molar-refractivity contribution in [2.24, 2.45) is 0 Å². The second kappa shape index (κ2) is 5.60. The summed E-state index contributed by atoms with van der Waals surface area (Å²) in [6.45, 7) is 0.306. The zero-order chi connectivity index (χ0) is 14.8. The maximum atomic E-state index is 13.8. The molecule has 1 amide bonds. The molecule has 0 atom stereocenters. The molecule has 1 aliphatic carbocycles. The van der Waals surface area contributed by atoms with Crippen LogP contribution in [0.25, 0.3) is 0 Å². The molecule has 21 heavy (non-hydrogen) atoms. The second-order valence-electron chi connectivity index (χ2n) is 5.11. The van der Waals surface area contributed by atoms with E-state index >= 15 is 0 Å². The number of nitrogens with zero attached hydrogens (tertiary/aromatic N) is 2. The molecule has 0 spiro atoms. The monoisotopic (exact) mass is 288 g/mol. The molecule has 3 nitrogen and oxygen atoms in total. The SMILES string of the molecule is O=C(c1cc(F)ccc1F)N(Cc1ccccn1)C1CC1. The normalized spacial score (nSPS) is 14.0. The van der Waals surface area contributed by atoms with Crippen molar-refractivity contribution in [3.63, 3.8) is 0 Å². The smallest absolute Gasteiger partial charge is 0.257 e. The molecule has 108 valence electrons. The van der Waals surface area contributed by atoms with Gasteiger partial charge in [-0.2, -0.15) is 0 Å². The molecule has 2 aromatic rings. The molecule has 1 aromatic carbocycles. The third kappa shape index (κ3) is 3.07. The van der Waals surface area contributed by atoms with Crippen LogP contribution < -0.4 is 0 Å². The van der Waals surface area contributed by atoms with Crippen LogP contribution in [0.4, 0.5) is 8.78 Å². The van der Waals surface area contributed by atoms with Crippen molar-refractivity contribution in [3.05, 3.63) is 65.5 Å². The molecular formula is C16H14F2N2O. The molecule has 3 rings (SSSR count). The Balaban J connectivity index is 1.87. The van der Waals surface area contributed by atoms with E-state index in [1.54, 1.807) is 17.2 Å². The van der Waals surface area contributed by atoms with Crippen molar-refractivity contribution < 1.29 is 13.6 Å². The lowest BCUT2D eigenvalue weighted by atomic mass is 10.1. The molecule has 1 fully saturated rings. The number of benzene rings is 1. The highest BCUT2D eigenvalue weighted by Crippen LogP contribution is 2.30. The summed E-state index contributed by atoms with van der Waals surface area (Å²) in [5.74, 6) is -1.80. The first-order valence-electron chi connectivity index (χ1n) is 6.81. The van der Waals surface area contributed by atoms with Gasteiger partial charge in [0.25, 0.3) is 5.91 Å². The van der Waals surface area contributed by atoms with Crippen LogP contribution in [0.2, 0.25) is 0 Å². The van der Waals surface area contributed by atoms with E-state index in [0.717, 1.165) is 36.7 Å². The molecule has 0 radical (unpaired) electrons. The molecule has 1 aliphatic rings. The quantitative estimate of drug-likeness (QED) is 0.865. The number of halogens is 2. The molecule has 0 saturated heterocycles. The number of aromatic nitrogens is 1. The lowest BCUT2D eigenvalue weighted by molar-refractivity contribution is 0.0722. The van der Waals surface area contributed by atoms with Gasteiger partial charge in [0, 0.05) is 12.2 Å². The predicted molar refractivity (Wildman–Crippen MR) is 73.5 cm³/mol. The highest BCUT2D eigenvalue weighted by Gasteiger charge is 2.34. The lowest BCUT2D eigenvalue weighted by Crippen LogP contribution is -2.33. The summed E-state index contributed by atoms with van der Waals surface area (Å²) in [6, 6.07) is 8.46. The minimum absolute atomic E-state index is 0.0853. The minimum atomic E-state index is -0.701. The van der Waals surface area contributed by atoms with Gasteiger partial charge in [0.2, 0.25) is 0 Å². The summed E-state index contributed by atoms with van der Waals surface area (Å²) in [5.41, 5.74) is 0.507. The summed E-state index contributed by atoms with van der Waals surface area (Å²) in [6.07, 6.45) is 3.42. The molecule has 0 bridgehead atoms. The number of hydrogen-bond donors (Lipinski definition) is 0. The second-order valence-corrected chi connectivity index (χ2v) is 5.11. The Kier molecular flexibility index (Phi) is 3.64.